The zero-order chi connectivity index (χ0) is 27.7. The van der Waals surface area contributed by atoms with Crippen molar-refractivity contribution in [2.45, 2.75) is 9.79 Å². The van der Waals surface area contributed by atoms with E-state index in [0.29, 0.717) is 17.4 Å². The Morgan fingerprint density at radius 1 is 0.579 bits per heavy atom. The Morgan fingerprint density at radius 2 is 1.03 bits per heavy atom. The molecule has 0 fully saturated rings. The van der Waals surface area contributed by atoms with E-state index in [-0.39, 0.29) is 39.4 Å². The van der Waals surface area contributed by atoms with Gasteiger partial charge >= 0.3 is 0 Å². The van der Waals surface area contributed by atoms with Gasteiger partial charge in [0.1, 0.15) is 4.90 Å². The van der Waals surface area contributed by atoms with Crippen LogP contribution in [-0.4, -0.2) is 55.8 Å². The molecule has 0 radical (unpaired) electrons. The van der Waals surface area contributed by atoms with Crippen molar-refractivity contribution in [3.05, 3.63) is 58.3 Å². The zero-order valence-corrected chi connectivity index (χ0v) is 22.1. The van der Waals surface area contributed by atoms with Crippen molar-refractivity contribution in [2.75, 3.05) is 16.0 Å². The van der Waals surface area contributed by atoms with Gasteiger partial charge in [0.15, 0.2) is 0 Å². The molecule has 0 bridgehead atoms. The summed E-state index contributed by atoms with van der Waals surface area (Å²) in [6, 6.07) is 9.04. The average molecular weight is 621 g/mol. The van der Waals surface area contributed by atoms with Gasteiger partial charge in [0, 0.05) is 11.4 Å². The van der Waals surface area contributed by atoms with Gasteiger partial charge in [0.25, 0.3) is 20.2 Å². The molecule has 5 N–H and O–H groups in total. The maximum Gasteiger partial charge on any atom is 0.296 e. The largest absolute Gasteiger partial charge is 0.324 e. The van der Waals surface area contributed by atoms with E-state index in [0.717, 1.165) is 12.1 Å². The van der Waals surface area contributed by atoms with E-state index in [1.54, 1.807) is 24.3 Å². The van der Waals surface area contributed by atoms with Gasteiger partial charge in [-0.3, -0.25) is 9.11 Å². The van der Waals surface area contributed by atoms with Crippen LogP contribution in [0.2, 0.25) is 15.9 Å². The summed E-state index contributed by atoms with van der Waals surface area (Å²) < 4.78 is 65.0. The summed E-state index contributed by atoms with van der Waals surface area (Å²) in [5.74, 6) is -0.171. The van der Waals surface area contributed by atoms with Gasteiger partial charge in [-0.05, 0) is 77.3 Å². The predicted octanol–water partition coefficient (Wildman–Crippen LogP) is 3.74. The van der Waals surface area contributed by atoms with Crippen LogP contribution < -0.4 is 16.0 Å². The zero-order valence-electron chi connectivity index (χ0n) is 18.2. The lowest BCUT2D eigenvalue weighted by Crippen LogP contribution is -2.09. The number of anilines is 6. The fourth-order valence-corrected chi connectivity index (χ4v) is 4.62. The molecule has 2 aromatic heterocycles. The van der Waals surface area contributed by atoms with E-state index < -0.39 is 30.0 Å². The van der Waals surface area contributed by atoms with Crippen LogP contribution in [0.15, 0.2) is 52.3 Å². The van der Waals surface area contributed by atoms with Gasteiger partial charge < -0.3 is 16.0 Å². The summed E-state index contributed by atoms with van der Waals surface area (Å²) in [4.78, 5) is 21.7. The quantitative estimate of drug-likeness (QED) is 0.177. The molecule has 38 heavy (non-hydrogen) atoms. The SMILES string of the molecule is O=S(=O)(O)c1ccc(Nc2nc(Cl)nc(Nc3ccc(Nc4nc(Cl)nc(Cl)n4)cc3)n2)c(S(=O)(=O)O)c1. The Balaban J connectivity index is 1.55. The van der Waals surface area contributed by atoms with Crippen molar-refractivity contribution in [3.63, 3.8) is 0 Å². The van der Waals surface area contributed by atoms with Crippen LogP contribution in [0.25, 0.3) is 0 Å². The van der Waals surface area contributed by atoms with Crippen molar-refractivity contribution in [3.8, 4) is 0 Å². The van der Waals surface area contributed by atoms with Crippen LogP contribution in [0.3, 0.4) is 0 Å². The van der Waals surface area contributed by atoms with E-state index in [1.807, 2.05) is 0 Å². The number of rotatable bonds is 8. The molecule has 198 valence electrons. The number of nitrogens with zero attached hydrogens (tertiary/aromatic N) is 6. The third-order valence-electron chi connectivity index (χ3n) is 4.36. The minimum atomic E-state index is -4.93. The standard InChI is InChI=1S/C18H12Cl3N9O6S2/c19-13-25-14(20)27-16(26-13)22-8-1-3-9(4-2-8)23-17-28-15(21)29-18(30-17)24-11-6-5-10(37(31,32)33)7-12(11)38(34,35)36/h1-7H,(H,31,32,33)(H,34,35,36)(H,22,25,26,27)(H2,23,24,28,29,30). The van der Waals surface area contributed by atoms with Crippen LogP contribution in [0.4, 0.5) is 34.9 Å². The molecular weight excluding hydrogens is 609 g/mol. The number of aromatic nitrogens is 6. The van der Waals surface area contributed by atoms with E-state index in [1.165, 1.54) is 0 Å². The molecule has 4 rings (SSSR count). The molecule has 0 unspecified atom stereocenters. The first-order valence-corrected chi connectivity index (χ1v) is 13.8. The van der Waals surface area contributed by atoms with Crippen LogP contribution in [0, 0.1) is 0 Å². The van der Waals surface area contributed by atoms with Gasteiger partial charge in [-0.2, -0.15) is 46.7 Å². The van der Waals surface area contributed by atoms with E-state index in [2.05, 4.69) is 45.9 Å². The summed E-state index contributed by atoms with van der Waals surface area (Å²) in [5.41, 5.74) is 0.782. The number of hydrogen-bond acceptors (Lipinski definition) is 13. The molecule has 0 saturated heterocycles. The number of halogens is 3. The number of hydrogen-bond donors (Lipinski definition) is 5. The highest BCUT2D eigenvalue weighted by Crippen LogP contribution is 2.28. The Hall–Kier alpha value is -3.45. The fourth-order valence-electron chi connectivity index (χ4n) is 2.84. The van der Waals surface area contributed by atoms with Crippen LogP contribution in [0.5, 0.6) is 0 Å². The highest BCUT2D eigenvalue weighted by Gasteiger charge is 2.21. The van der Waals surface area contributed by atoms with Gasteiger partial charge in [0.2, 0.25) is 33.7 Å². The van der Waals surface area contributed by atoms with Crippen molar-refractivity contribution < 1.29 is 25.9 Å². The predicted molar refractivity (Wildman–Crippen MR) is 137 cm³/mol. The van der Waals surface area contributed by atoms with E-state index in [4.69, 9.17) is 34.8 Å². The highest BCUT2D eigenvalue weighted by atomic mass is 35.5. The fraction of sp³-hybridized carbons (Fsp3) is 0. The topological polar surface area (TPSA) is 222 Å². The second kappa shape index (κ2) is 10.7. The molecule has 0 aliphatic carbocycles. The first kappa shape index (κ1) is 27.6. The molecule has 0 aliphatic rings. The summed E-state index contributed by atoms with van der Waals surface area (Å²) in [6.45, 7) is 0. The minimum absolute atomic E-state index is 0.0489. The average Bonchev–Trinajstić information content (AvgIpc) is 2.78. The molecule has 15 nitrogen and oxygen atoms in total. The Morgan fingerprint density at radius 3 is 1.50 bits per heavy atom. The van der Waals surface area contributed by atoms with Crippen LogP contribution in [-0.2, 0) is 20.2 Å². The van der Waals surface area contributed by atoms with Crippen molar-refractivity contribution >= 4 is 89.9 Å². The Labute approximate surface area is 229 Å². The molecule has 4 aromatic rings. The van der Waals surface area contributed by atoms with E-state index in [9.17, 15) is 25.9 Å². The molecule has 0 saturated carbocycles. The maximum absolute atomic E-state index is 11.8. The monoisotopic (exact) mass is 619 g/mol. The van der Waals surface area contributed by atoms with Gasteiger partial charge in [0.05, 0.1) is 10.6 Å². The summed E-state index contributed by atoms with van der Waals surface area (Å²) in [7, 11) is -9.68. The smallest absolute Gasteiger partial charge is 0.296 e. The second-order valence-corrected chi connectivity index (χ2v) is 10.8. The molecule has 0 amide bonds. The minimum Gasteiger partial charge on any atom is -0.324 e. The first-order valence-electron chi connectivity index (χ1n) is 9.75. The summed E-state index contributed by atoms with van der Waals surface area (Å²) >= 11 is 17.5. The van der Waals surface area contributed by atoms with Gasteiger partial charge in [-0.1, -0.05) is 0 Å². The molecule has 0 atom stereocenters. The number of nitrogens with one attached hydrogen (secondary N) is 3. The number of benzene rings is 2. The maximum atomic E-state index is 11.8. The lowest BCUT2D eigenvalue weighted by molar-refractivity contribution is 0.481. The van der Waals surface area contributed by atoms with Crippen molar-refractivity contribution in [2.24, 2.45) is 0 Å². The van der Waals surface area contributed by atoms with Crippen LogP contribution in [0.1, 0.15) is 0 Å². The molecule has 2 aromatic carbocycles. The molecule has 2 heterocycles. The lowest BCUT2D eigenvalue weighted by atomic mass is 10.3. The van der Waals surface area contributed by atoms with Gasteiger partial charge in [-0.25, -0.2) is 0 Å². The molecule has 0 aliphatic heterocycles. The van der Waals surface area contributed by atoms with Gasteiger partial charge in [-0.15, -0.1) is 0 Å². The molecule has 0 spiro atoms. The van der Waals surface area contributed by atoms with Crippen LogP contribution >= 0.6 is 34.8 Å². The Kier molecular flexibility index (Phi) is 7.79. The molecule has 20 heteroatoms. The van der Waals surface area contributed by atoms with Crippen molar-refractivity contribution in [1.29, 1.82) is 0 Å². The normalized spacial score (nSPS) is 11.7. The highest BCUT2D eigenvalue weighted by molar-refractivity contribution is 7.86. The summed E-state index contributed by atoms with van der Waals surface area (Å²) in [5, 5.41) is 7.84. The first-order chi connectivity index (χ1) is 17.8. The second-order valence-electron chi connectivity index (χ2n) is 7.01. The van der Waals surface area contributed by atoms with Crippen molar-refractivity contribution in [1.82, 2.24) is 29.9 Å². The summed E-state index contributed by atoms with van der Waals surface area (Å²) in [6.07, 6.45) is 0. The Bertz CT molecular complexity index is 1720. The third-order valence-corrected chi connectivity index (χ3v) is 6.61. The third kappa shape index (κ3) is 7.10. The lowest BCUT2D eigenvalue weighted by Gasteiger charge is -2.12. The molecular formula is C18H12Cl3N9O6S2. The van der Waals surface area contributed by atoms with E-state index >= 15 is 0 Å².